The molecule has 0 saturated heterocycles. The number of nitrogens with two attached hydrogens (primary N) is 1. The van der Waals surface area contributed by atoms with Crippen LogP contribution in [0.5, 0.6) is 0 Å². The number of furan rings is 1. The minimum Gasteiger partial charge on any atom is -0.457 e. The van der Waals surface area contributed by atoms with Crippen LogP contribution in [0.15, 0.2) is 44.1 Å². The molecule has 0 amide bonds. The summed E-state index contributed by atoms with van der Waals surface area (Å²) in [5.41, 5.74) is 3.77. The normalized spacial score (nSPS) is 12.7. The van der Waals surface area contributed by atoms with Gasteiger partial charge in [0.25, 0.3) is 0 Å². The van der Waals surface area contributed by atoms with Crippen molar-refractivity contribution in [3.8, 4) is 0 Å². The molecule has 1 aromatic heterocycles. The molecule has 0 bridgehead atoms. The summed E-state index contributed by atoms with van der Waals surface area (Å²) in [5, 5.41) is 0. The Bertz CT molecular complexity index is 530. The zero-order chi connectivity index (χ0) is 12.4. The minimum absolute atomic E-state index is 0.329. The van der Waals surface area contributed by atoms with E-state index < -0.39 is 6.04 Å². The van der Waals surface area contributed by atoms with Gasteiger partial charge in [0.15, 0.2) is 4.67 Å². The van der Waals surface area contributed by atoms with Gasteiger partial charge >= 0.3 is 0 Å². The third kappa shape index (κ3) is 2.60. The lowest BCUT2D eigenvalue weighted by Gasteiger charge is -2.16. The number of benzene rings is 1. The van der Waals surface area contributed by atoms with Crippen LogP contribution in [-0.2, 0) is 0 Å². The molecule has 1 unspecified atom stereocenters. The molecular formula is C11H9Br2FN2O. The SMILES string of the molecule is NNC(c1cc(Br)ccc1F)c1ccoc1Br. The first-order chi connectivity index (χ1) is 8.13. The molecule has 0 aliphatic rings. The predicted octanol–water partition coefficient (Wildman–Crippen LogP) is 3.50. The molecule has 6 heteroatoms. The number of halogens is 3. The van der Waals surface area contributed by atoms with E-state index in [9.17, 15) is 4.39 Å². The van der Waals surface area contributed by atoms with Gasteiger partial charge in [-0.05, 0) is 40.2 Å². The molecule has 3 nitrogen and oxygen atoms in total. The average molecular weight is 364 g/mol. The fraction of sp³-hybridized carbons (Fsp3) is 0.0909. The lowest BCUT2D eigenvalue weighted by molar-refractivity contribution is 0.518. The standard InChI is InChI=1S/C11H9Br2FN2O/c12-6-1-2-9(14)8(5-6)10(16-15)7-3-4-17-11(7)13/h1-5,10,16H,15H2. The Kier molecular flexibility index (Phi) is 3.98. The van der Waals surface area contributed by atoms with Crippen molar-refractivity contribution in [2.75, 3.05) is 0 Å². The van der Waals surface area contributed by atoms with Crippen molar-refractivity contribution in [1.82, 2.24) is 5.43 Å². The van der Waals surface area contributed by atoms with Crippen molar-refractivity contribution in [1.29, 1.82) is 0 Å². The first-order valence-electron chi connectivity index (χ1n) is 4.77. The summed E-state index contributed by atoms with van der Waals surface area (Å²) in [4.78, 5) is 0. The highest BCUT2D eigenvalue weighted by atomic mass is 79.9. The third-order valence-corrected chi connectivity index (χ3v) is 3.53. The van der Waals surface area contributed by atoms with Crippen LogP contribution in [0.1, 0.15) is 17.2 Å². The van der Waals surface area contributed by atoms with E-state index in [-0.39, 0.29) is 5.82 Å². The topological polar surface area (TPSA) is 51.2 Å². The van der Waals surface area contributed by atoms with Crippen LogP contribution in [0.25, 0.3) is 0 Å². The highest BCUT2D eigenvalue weighted by molar-refractivity contribution is 9.10. The van der Waals surface area contributed by atoms with Crippen LogP contribution >= 0.6 is 31.9 Å². The lowest BCUT2D eigenvalue weighted by atomic mass is 10.0. The highest BCUT2D eigenvalue weighted by Gasteiger charge is 2.20. The Balaban J connectivity index is 2.49. The Morgan fingerprint density at radius 2 is 2.00 bits per heavy atom. The van der Waals surface area contributed by atoms with E-state index in [1.165, 1.54) is 12.3 Å². The van der Waals surface area contributed by atoms with Gasteiger partial charge in [-0.2, -0.15) is 0 Å². The van der Waals surface area contributed by atoms with Crippen molar-refractivity contribution >= 4 is 31.9 Å². The van der Waals surface area contributed by atoms with Crippen molar-refractivity contribution < 1.29 is 8.81 Å². The Labute approximate surface area is 114 Å². The number of hydrazine groups is 1. The van der Waals surface area contributed by atoms with Gasteiger partial charge in [0.1, 0.15) is 5.82 Å². The zero-order valence-electron chi connectivity index (χ0n) is 8.58. The summed E-state index contributed by atoms with van der Waals surface area (Å²) in [6, 6.07) is 5.96. The Hall–Kier alpha value is -0.690. The van der Waals surface area contributed by atoms with Crippen LogP contribution in [0.2, 0.25) is 0 Å². The molecule has 0 aliphatic carbocycles. The van der Waals surface area contributed by atoms with Gasteiger partial charge in [0.05, 0.1) is 12.3 Å². The van der Waals surface area contributed by atoms with Crippen molar-refractivity contribution in [3.05, 3.63) is 56.6 Å². The highest BCUT2D eigenvalue weighted by Crippen LogP contribution is 2.31. The molecule has 0 aliphatic heterocycles. The maximum absolute atomic E-state index is 13.8. The Morgan fingerprint density at radius 3 is 2.59 bits per heavy atom. The van der Waals surface area contributed by atoms with Crippen LogP contribution < -0.4 is 11.3 Å². The maximum Gasteiger partial charge on any atom is 0.174 e. The van der Waals surface area contributed by atoms with E-state index in [4.69, 9.17) is 10.3 Å². The minimum atomic E-state index is -0.472. The molecular weight excluding hydrogens is 355 g/mol. The van der Waals surface area contributed by atoms with Crippen LogP contribution in [0.3, 0.4) is 0 Å². The second kappa shape index (κ2) is 5.30. The molecule has 0 fully saturated rings. The predicted molar refractivity (Wildman–Crippen MR) is 69.7 cm³/mol. The van der Waals surface area contributed by atoms with Crippen molar-refractivity contribution in [2.45, 2.75) is 6.04 Å². The molecule has 1 aromatic carbocycles. The van der Waals surface area contributed by atoms with Gasteiger partial charge < -0.3 is 4.42 Å². The number of nitrogens with one attached hydrogen (secondary N) is 1. The van der Waals surface area contributed by atoms with E-state index in [1.54, 1.807) is 18.2 Å². The number of hydrogen-bond donors (Lipinski definition) is 2. The maximum atomic E-state index is 13.8. The van der Waals surface area contributed by atoms with Gasteiger partial charge in [-0.3, -0.25) is 5.84 Å². The monoisotopic (exact) mass is 362 g/mol. The smallest absolute Gasteiger partial charge is 0.174 e. The summed E-state index contributed by atoms with van der Waals surface area (Å²) >= 11 is 6.56. The van der Waals surface area contributed by atoms with Crippen LogP contribution in [0, 0.1) is 5.82 Å². The van der Waals surface area contributed by atoms with Crippen molar-refractivity contribution in [3.63, 3.8) is 0 Å². The van der Waals surface area contributed by atoms with E-state index in [2.05, 4.69) is 37.3 Å². The second-order valence-corrected chi connectivity index (χ2v) is 5.05. The van der Waals surface area contributed by atoms with Crippen molar-refractivity contribution in [2.24, 2.45) is 5.84 Å². The fourth-order valence-electron chi connectivity index (χ4n) is 1.59. The largest absolute Gasteiger partial charge is 0.457 e. The Morgan fingerprint density at radius 1 is 1.24 bits per heavy atom. The van der Waals surface area contributed by atoms with Gasteiger partial charge in [0.2, 0.25) is 0 Å². The molecule has 2 rings (SSSR count). The van der Waals surface area contributed by atoms with E-state index in [0.29, 0.717) is 10.2 Å². The van der Waals surface area contributed by atoms with Gasteiger partial charge in [0, 0.05) is 15.6 Å². The number of hydrogen-bond acceptors (Lipinski definition) is 3. The van der Waals surface area contributed by atoms with E-state index in [0.717, 1.165) is 10.0 Å². The lowest BCUT2D eigenvalue weighted by Crippen LogP contribution is -2.29. The second-order valence-electron chi connectivity index (χ2n) is 3.42. The molecule has 0 radical (unpaired) electrons. The number of rotatable bonds is 3. The molecule has 1 heterocycles. The molecule has 2 aromatic rings. The zero-order valence-corrected chi connectivity index (χ0v) is 11.8. The van der Waals surface area contributed by atoms with Crippen LogP contribution in [0.4, 0.5) is 4.39 Å². The van der Waals surface area contributed by atoms with E-state index >= 15 is 0 Å². The molecule has 0 saturated carbocycles. The summed E-state index contributed by atoms with van der Waals surface area (Å²) in [5.74, 6) is 5.16. The average Bonchev–Trinajstić information content (AvgIpc) is 2.71. The quantitative estimate of drug-likeness (QED) is 0.648. The van der Waals surface area contributed by atoms with Gasteiger partial charge in [-0.15, -0.1) is 0 Å². The molecule has 3 N–H and O–H groups in total. The molecule has 1 atom stereocenters. The first kappa shape index (κ1) is 12.8. The van der Waals surface area contributed by atoms with E-state index in [1.807, 2.05) is 0 Å². The molecule has 17 heavy (non-hydrogen) atoms. The molecule has 90 valence electrons. The molecule has 0 spiro atoms. The van der Waals surface area contributed by atoms with Gasteiger partial charge in [-0.1, -0.05) is 15.9 Å². The summed E-state index contributed by atoms with van der Waals surface area (Å²) in [7, 11) is 0. The summed E-state index contributed by atoms with van der Waals surface area (Å²) in [6.45, 7) is 0. The third-order valence-electron chi connectivity index (χ3n) is 2.39. The summed E-state index contributed by atoms with van der Waals surface area (Å²) < 4.78 is 20.2. The fourth-order valence-corrected chi connectivity index (χ4v) is 2.44. The van der Waals surface area contributed by atoms with Crippen LogP contribution in [-0.4, -0.2) is 0 Å². The first-order valence-corrected chi connectivity index (χ1v) is 6.36. The summed E-state index contributed by atoms with van der Waals surface area (Å²) in [6.07, 6.45) is 1.51. The van der Waals surface area contributed by atoms with Gasteiger partial charge in [-0.25, -0.2) is 9.82 Å².